The molecular weight excluding hydrogens is 254 g/mol. The second-order valence-electron chi connectivity index (χ2n) is 4.21. The summed E-state index contributed by atoms with van der Waals surface area (Å²) in [6.45, 7) is 1.97. The molecule has 0 heterocycles. The number of hydrogen-bond acceptors (Lipinski definition) is 4. The normalized spacial score (nSPS) is 11.2. The Balaban J connectivity index is 2.54. The maximum Gasteiger partial charge on any atom is 0.255 e. The van der Waals surface area contributed by atoms with Crippen molar-refractivity contribution in [3.63, 3.8) is 0 Å². The van der Waals surface area contributed by atoms with Crippen LogP contribution in [0.15, 0.2) is 18.2 Å². The Bertz CT molecular complexity index is 537. The Morgan fingerprint density at radius 2 is 2.06 bits per heavy atom. The molecule has 1 amide bonds. The van der Waals surface area contributed by atoms with Crippen LogP contribution in [0.5, 0.6) is 5.75 Å². The van der Waals surface area contributed by atoms with Gasteiger partial charge in [-0.25, -0.2) is 8.42 Å². The van der Waals surface area contributed by atoms with Crippen LogP contribution in [-0.4, -0.2) is 38.0 Å². The molecule has 0 spiro atoms. The summed E-state index contributed by atoms with van der Waals surface area (Å²) in [7, 11) is -3.00. The molecule has 0 radical (unpaired) electrons. The number of phenols is 1. The van der Waals surface area contributed by atoms with E-state index in [1.807, 2.05) is 0 Å². The highest BCUT2D eigenvalue weighted by Crippen LogP contribution is 2.20. The van der Waals surface area contributed by atoms with Gasteiger partial charge in [0, 0.05) is 12.8 Å². The van der Waals surface area contributed by atoms with Gasteiger partial charge in [0.1, 0.15) is 15.6 Å². The van der Waals surface area contributed by atoms with Gasteiger partial charge < -0.3 is 10.4 Å². The van der Waals surface area contributed by atoms with Crippen LogP contribution < -0.4 is 5.32 Å². The molecule has 0 bridgehead atoms. The molecule has 2 N–H and O–H groups in total. The SMILES string of the molecule is Cc1cccc(C(=O)NCCCS(C)(=O)=O)c1O. The van der Waals surface area contributed by atoms with Gasteiger partial charge in [0.25, 0.3) is 5.91 Å². The van der Waals surface area contributed by atoms with E-state index in [0.29, 0.717) is 12.0 Å². The first-order chi connectivity index (χ1) is 8.31. The van der Waals surface area contributed by atoms with Gasteiger partial charge in [0.2, 0.25) is 0 Å². The van der Waals surface area contributed by atoms with Crippen molar-refractivity contribution < 1.29 is 18.3 Å². The summed E-state index contributed by atoms with van der Waals surface area (Å²) in [6.07, 6.45) is 1.51. The maximum atomic E-state index is 11.7. The fourth-order valence-electron chi connectivity index (χ4n) is 1.47. The molecule has 0 unspecified atom stereocenters. The number of sulfone groups is 1. The summed E-state index contributed by atoms with van der Waals surface area (Å²) >= 11 is 0. The molecule has 1 aromatic carbocycles. The average Bonchev–Trinajstić information content (AvgIpc) is 2.26. The van der Waals surface area contributed by atoms with Crippen molar-refractivity contribution in [2.45, 2.75) is 13.3 Å². The van der Waals surface area contributed by atoms with E-state index in [4.69, 9.17) is 0 Å². The lowest BCUT2D eigenvalue weighted by atomic mass is 10.1. The number of benzene rings is 1. The maximum absolute atomic E-state index is 11.7. The number of para-hydroxylation sites is 1. The number of amides is 1. The molecule has 18 heavy (non-hydrogen) atoms. The average molecular weight is 271 g/mol. The minimum atomic E-state index is -3.00. The summed E-state index contributed by atoms with van der Waals surface area (Å²) in [5.74, 6) is -0.407. The zero-order chi connectivity index (χ0) is 13.8. The Labute approximate surface area is 107 Å². The summed E-state index contributed by atoms with van der Waals surface area (Å²) in [5, 5.41) is 12.3. The predicted molar refractivity (Wildman–Crippen MR) is 69.5 cm³/mol. The largest absolute Gasteiger partial charge is 0.507 e. The molecule has 0 saturated heterocycles. The molecule has 5 nitrogen and oxygen atoms in total. The molecule has 1 aromatic rings. The number of aryl methyl sites for hydroxylation is 1. The molecule has 0 aliphatic rings. The molecule has 0 aromatic heterocycles. The van der Waals surface area contributed by atoms with Crippen LogP contribution in [0.2, 0.25) is 0 Å². The highest BCUT2D eigenvalue weighted by Gasteiger charge is 2.11. The zero-order valence-corrected chi connectivity index (χ0v) is 11.3. The molecule has 0 aliphatic heterocycles. The van der Waals surface area contributed by atoms with Crippen LogP contribution in [-0.2, 0) is 9.84 Å². The topological polar surface area (TPSA) is 83.5 Å². The van der Waals surface area contributed by atoms with Gasteiger partial charge in [0.05, 0.1) is 11.3 Å². The van der Waals surface area contributed by atoms with Crippen LogP contribution in [0.4, 0.5) is 0 Å². The fraction of sp³-hybridized carbons (Fsp3) is 0.417. The zero-order valence-electron chi connectivity index (χ0n) is 10.4. The van der Waals surface area contributed by atoms with Gasteiger partial charge in [-0.3, -0.25) is 4.79 Å². The Morgan fingerprint density at radius 3 is 2.67 bits per heavy atom. The fourth-order valence-corrected chi connectivity index (χ4v) is 2.14. The van der Waals surface area contributed by atoms with Gasteiger partial charge in [0.15, 0.2) is 0 Å². The number of rotatable bonds is 5. The van der Waals surface area contributed by atoms with E-state index in [1.165, 1.54) is 6.07 Å². The number of phenolic OH excluding ortho intramolecular Hbond substituents is 1. The van der Waals surface area contributed by atoms with Crippen LogP contribution in [0.3, 0.4) is 0 Å². The van der Waals surface area contributed by atoms with Crippen LogP contribution in [0.1, 0.15) is 22.3 Å². The molecule has 100 valence electrons. The highest BCUT2D eigenvalue weighted by atomic mass is 32.2. The molecule has 0 fully saturated rings. The highest BCUT2D eigenvalue weighted by molar-refractivity contribution is 7.90. The first-order valence-corrected chi connectivity index (χ1v) is 7.62. The van der Waals surface area contributed by atoms with E-state index in [1.54, 1.807) is 19.1 Å². The smallest absolute Gasteiger partial charge is 0.255 e. The van der Waals surface area contributed by atoms with E-state index >= 15 is 0 Å². The summed E-state index contributed by atoms with van der Waals surface area (Å²) in [4.78, 5) is 11.7. The second kappa shape index (κ2) is 5.86. The number of carbonyl (C=O) groups is 1. The van der Waals surface area contributed by atoms with Crippen molar-refractivity contribution in [1.82, 2.24) is 5.32 Å². The molecule has 1 rings (SSSR count). The number of nitrogens with one attached hydrogen (secondary N) is 1. The van der Waals surface area contributed by atoms with E-state index in [2.05, 4.69) is 5.32 Å². The number of hydrogen-bond donors (Lipinski definition) is 2. The third-order valence-corrected chi connectivity index (χ3v) is 3.49. The lowest BCUT2D eigenvalue weighted by molar-refractivity contribution is 0.0951. The van der Waals surface area contributed by atoms with Crippen molar-refractivity contribution in [1.29, 1.82) is 0 Å². The van der Waals surface area contributed by atoms with Crippen LogP contribution >= 0.6 is 0 Å². The summed E-state index contributed by atoms with van der Waals surface area (Å²) in [5.41, 5.74) is 0.827. The van der Waals surface area contributed by atoms with E-state index in [-0.39, 0.29) is 23.6 Å². The Morgan fingerprint density at radius 1 is 1.39 bits per heavy atom. The molecule has 0 saturated carbocycles. The van der Waals surface area contributed by atoms with Gasteiger partial charge in [-0.2, -0.15) is 0 Å². The third-order valence-electron chi connectivity index (χ3n) is 2.46. The quantitative estimate of drug-likeness (QED) is 0.778. The molecule has 0 aliphatic carbocycles. The number of aromatic hydroxyl groups is 1. The molecular formula is C12H17NO4S. The first kappa shape index (κ1) is 14.5. The second-order valence-corrected chi connectivity index (χ2v) is 6.47. The van der Waals surface area contributed by atoms with Crippen molar-refractivity contribution in [3.05, 3.63) is 29.3 Å². The van der Waals surface area contributed by atoms with Crippen LogP contribution in [0, 0.1) is 6.92 Å². The standard InChI is InChI=1S/C12H17NO4S/c1-9-5-3-6-10(11(9)14)12(15)13-7-4-8-18(2,16)17/h3,5-6,14H,4,7-8H2,1-2H3,(H,13,15). The summed E-state index contributed by atoms with van der Waals surface area (Å²) in [6, 6.07) is 4.91. The van der Waals surface area contributed by atoms with E-state index in [0.717, 1.165) is 6.26 Å². The van der Waals surface area contributed by atoms with Crippen molar-refractivity contribution >= 4 is 15.7 Å². The van der Waals surface area contributed by atoms with E-state index in [9.17, 15) is 18.3 Å². The lowest BCUT2D eigenvalue weighted by Gasteiger charge is -2.07. The minimum Gasteiger partial charge on any atom is -0.507 e. The molecule has 0 atom stereocenters. The van der Waals surface area contributed by atoms with Gasteiger partial charge in [-0.05, 0) is 25.0 Å². The summed E-state index contributed by atoms with van der Waals surface area (Å²) < 4.78 is 21.8. The third kappa shape index (κ3) is 4.37. The van der Waals surface area contributed by atoms with Gasteiger partial charge in [-0.15, -0.1) is 0 Å². The van der Waals surface area contributed by atoms with E-state index < -0.39 is 15.7 Å². The van der Waals surface area contributed by atoms with Gasteiger partial charge >= 0.3 is 0 Å². The predicted octanol–water partition coefficient (Wildman–Crippen LogP) is 0.865. The molecule has 6 heteroatoms. The Hall–Kier alpha value is -1.56. The Kier molecular flexibility index (Phi) is 4.72. The van der Waals surface area contributed by atoms with Crippen molar-refractivity contribution in [3.8, 4) is 5.75 Å². The van der Waals surface area contributed by atoms with Crippen LogP contribution in [0.25, 0.3) is 0 Å². The first-order valence-electron chi connectivity index (χ1n) is 5.56. The van der Waals surface area contributed by atoms with Crippen molar-refractivity contribution in [2.75, 3.05) is 18.6 Å². The monoisotopic (exact) mass is 271 g/mol. The lowest BCUT2D eigenvalue weighted by Crippen LogP contribution is -2.26. The van der Waals surface area contributed by atoms with Gasteiger partial charge in [-0.1, -0.05) is 12.1 Å². The minimum absolute atomic E-state index is 0.0348. The number of carbonyl (C=O) groups excluding carboxylic acids is 1. The van der Waals surface area contributed by atoms with Crippen molar-refractivity contribution in [2.24, 2.45) is 0 Å².